The number of hydrogen-bond donors (Lipinski definition) is 6. The largest absolute Gasteiger partial charge is 0.478 e. The summed E-state index contributed by atoms with van der Waals surface area (Å²) < 4.78 is 4.60. The van der Waals surface area contributed by atoms with Crippen LogP contribution in [0.1, 0.15) is 156 Å². The number of alkyl halides is 1. The van der Waals surface area contributed by atoms with Crippen molar-refractivity contribution < 1.29 is 78.9 Å². The summed E-state index contributed by atoms with van der Waals surface area (Å²) in [5, 5.41) is 53.9. The van der Waals surface area contributed by atoms with E-state index in [4.69, 9.17) is 40.4 Å². The van der Waals surface area contributed by atoms with E-state index in [0.717, 1.165) is 63.8 Å². The maximum Gasteiger partial charge on any atom is 0.337 e. The van der Waals surface area contributed by atoms with Crippen molar-refractivity contribution in [2.24, 2.45) is 0 Å². The van der Waals surface area contributed by atoms with Gasteiger partial charge in [0, 0.05) is 5.33 Å². The summed E-state index contributed by atoms with van der Waals surface area (Å²) in [6.45, 7) is 13.9. The van der Waals surface area contributed by atoms with Crippen molar-refractivity contribution in [2.45, 2.75) is 99.5 Å². The zero-order valence-corrected chi connectivity index (χ0v) is 45.4. The zero-order valence-electron chi connectivity index (χ0n) is 43.8. The van der Waals surface area contributed by atoms with E-state index in [-0.39, 0.29) is 37.6 Å². The highest BCUT2D eigenvalue weighted by atomic mass is 79.9. The Morgan fingerprint density at radius 2 is 0.743 bits per heavy atom. The number of aryl methyl sites for hydroxylation is 3. The lowest BCUT2D eigenvalue weighted by molar-refractivity contribution is -0.282. The lowest BCUT2D eigenvalue weighted by Gasteiger charge is -2.06. The van der Waals surface area contributed by atoms with Crippen LogP contribution in [-0.2, 0) is 75.3 Å². The topological polar surface area (TPSA) is 253 Å². The van der Waals surface area contributed by atoms with E-state index < -0.39 is 29.8 Å². The standard InChI is InChI=1S/C12H14O2.C11H11BrO2.C11H14O5.C11H14O4.C10H12O3.C2H6/c1-3-5-10-6-9(4-2)7-11(8-10)12(13)14;1-2-3-8-4-9(7-12)6-10(5-8)11(13)14;1-14-11(13)10-4-8(6-12)3-9(5-10)7-16-15-2;1-3-8-4-9(7-15-14-2)6-10(5-8)11(12)13;1-2-7-3-8(6-11)5-9(4-7)10(12)13;1-2/h3,5-8H,4H2,1-2H3,(H,13,14);2-6H,7H2,1H3,(H,13,14);3-5,12H,6-7H2,1-2H3;4-6H,3,7H2,1-2H3,(H,12,13);3-5,11H,2,6H2,1H3,(H,12,13);1-2H3/b5-3+;3-2+;;;;. The molecule has 5 rings (SSSR count). The summed E-state index contributed by atoms with van der Waals surface area (Å²) in [5.74, 6) is -4.09. The first kappa shape index (κ1) is 67.2. The molecule has 16 nitrogen and oxygen atoms in total. The normalized spacial score (nSPS) is 10.2. The first-order chi connectivity index (χ1) is 35.4. The van der Waals surface area contributed by atoms with Gasteiger partial charge in [-0.2, -0.15) is 0 Å². The fraction of sp³-hybridized carbons (Fsp3) is 0.316. The molecule has 5 aromatic rings. The van der Waals surface area contributed by atoms with Gasteiger partial charge in [-0.15, -0.1) is 0 Å². The van der Waals surface area contributed by atoms with Gasteiger partial charge in [0.15, 0.2) is 0 Å². The SMILES string of the molecule is C/C=C/c1cc(CBr)cc(C(=O)O)c1.C/C=C/c1cc(CC)cc(C(=O)O)c1.CC.CCc1cc(CO)cc(C(=O)O)c1.CCc1cc(COOC)cc(C(=O)O)c1.COOCc1cc(CO)cc(C(=O)OC)c1. The number of aliphatic hydroxyl groups excluding tert-OH is 2. The molecule has 0 aliphatic rings. The summed E-state index contributed by atoms with van der Waals surface area (Å²) in [7, 11) is 4.12. The molecule has 0 aromatic heterocycles. The van der Waals surface area contributed by atoms with Gasteiger partial charge in [-0.3, -0.25) is 0 Å². The van der Waals surface area contributed by atoms with Crippen LogP contribution in [0.4, 0.5) is 0 Å². The number of rotatable bonds is 19. The molecule has 17 heteroatoms. The molecule has 74 heavy (non-hydrogen) atoms. The molecule has 5 aromatic carbocycles. The van der Waals surface area contributed by atoms with E-state index in [2.05, 4.69) is 30.4 Å². The highest BCUT2D eigenvalue weighted by Crippen LogP contribution is 2.17. The number of methoxy groups -OCH3 is 1. The van der Waals surface area contributed by atoms with Crippen LogP contribution in [0.25, 0.3) is 12.2 Å². The van der Waals surface area contributed by atoms with Crippen LogP contribution < -0.4 is 0 Å². The van der Waals surface area contributed by atoms with Crippen molar-refractivity contribution in [1.29, 1.82) is 0 Å². The van der Waals surface area contributed by atoms with Gasteiger partial charge in [-0.05, 0) is 149 Å². The lowest BCUT2D eigenvalue weighted by Crippen LogP contribution is -2.04. The van der Waals surface area contributed by atoms with Gasteiger partial charge in [0.1, 0.15) is 13.2 Å². The van der Waals surface area contributed by atoms with Crippen LogP contribution in [0.5, 0.6) is 0 Å². The summed E-state index contributed by atoms with van der Waals surface area (Å²) in [6.07, 6.45) is 10.0. The van der Waals surface area contributed by atoms with Crippen LogP contribution in [0, 0.1) is 0 Å². The number of aromatic carboxylic acids is 4. The Bertz CT molecular complexity index is 2490. The maximum absolute atomic E-state index is 11.3. The number of benzene rings is 5. The van der Waals surface area contributed by atoms with Crippen LogP contribution in [-0.4, -0.2) is 81.8 Å². The highest BCUT2D eigenvalue weighted by Gasteiger charge is 2.11. The summed E-state index contributed by atoms with van der Waals surface area (Å²) in [4.78, 5) is 72.9. The second-order valence-corrected chi connectivity index (χ2v) is 15.7. The number of allylic oxidation sites excluding steroid dienone is 2. The van der Waals surface area contributed by atoms with Crippen LogP contribution in [0.3, 0.4) is 0 Å². The van der Waals surface area contributed by atoms with E-state index in [0.29, 0.717) is 33.1 Å². The van der Waals surface area contributed by atoms with E-state index in [1.165, 1.54) is 27.4 Å². The Labute approximate surface area is 442 Å². The number of carboxylic acids is 4. The number of halogens is 1. The lowest BCUT2D eigenvalue weighted by atomic mass is 10.0. The molecule has 402 valence electrons. The van der Waals surface area contributed by atoms with Crippen LogP contribution >= 0.6 is 15.9 Å². The second kappa shape index (κ2) is 38.7. The fourth-order valence-electron chi connectivity index (χ4n) is 6.32. The third kappa shape index (κ3) is 26.2. The van der Waals surface area contributed by atoms with Crippen molar-refractivity contribution in [3.8, 4) is 0 Å². The van der Waals surface area contributed by atoms with Crippen LogP contribution in [0.15, 0.2) is 103 Å². The Kier molecular flexibility index (Phi) is 35.2. The van der Waals surface area contributed by atoms with Crippen molar-refractivity contribution in [2.75, 3.05) is 21.3 Å². The van der Waals surface area contributed by atoms with E-state index >= 15 is 0 Å². The minimum atomic E-state index is -0.954. The van der Waals surface area contributed by atoms with Crippen LogP contribution in [0.2, 0.25) is 0 Å². The number of ether oxygens (including phenoxy) is 1. The van der Waals surface area contributed by atoms with E-state index in [1.807, 2.05) is 97.0 Å². The molecule has 0 radical (unpaired) electrons. The van der Waals surface area contributed by atoms with Gasteiger partial charge in [0.25, 0.3) is 0 Å². The average Bonchev–Trinajstić information content (AvgIpc) is 3.42. The smallest absolute Gasteiger partial charge is 0.337 e. The number of carboxylic acid groups (broad SMARTS) is 4. The molecule has 0 aliphatic carbocycles. The third-order valence-corrected chi connectivity index (χ3v) is 10.4. The van der Waals surface area contributed by atoms with Crippen molar-refractivity contribution in [1.82, 2.24) is 0 Å². The molecule has 0 saturated heterocycles. The number of carbonyl (C=O) groups excluding carboxylic acids is 1. The van der Waals surface area contributed by atoms with Gasteiger partial charge in [-0.25, -0.2) is 43.5 Å². The Morgan fingerprint density at radius 3 is 1.08 bits per heavy atom. The van der Waals surface area contributed by atoms with Gasteiger partial charge in [-0.1, -0.05) is 105 Å². The van der Waals surface area contributed by atoms with Crippen molar-refractivity contribution >= 4 is 57.9 Å². The first-order valence-electron chi connectivity index (χ1n) is 23.4. The number of hydrogen-bond acceptors (Lipinski definition) is 12. The first-order valence-corrected chi connectivity index (χ1v) is 24.5. The minimum Gasteiger partial charge on any atom is -0.478 e. The Hall–Kier alpha value is -6.83. The number of esters is 1. The van der Waals surface area contributed by atoms with Gasteiger partial charge in [0.05, 0.1) is 62.4 Å². The van der Waals surface area contributed by atoms with Gasteiger partial charge >= 0.3 is 29.8 Å². The number of carbonyl (C=O) groups is 5. The van der Waals surface area contributed by atoms with E-state index in [1.54, 1.807) is 60.7 Å². The Balaban J connectivity index is 0.000000893. The number of aliphatic hydroxyl groups is 2. The van der Waals surface area contributed by atoms with E-state index in [9.17, 15) is 24.0 Å². The average molecular weight is 1090 g/mol. The molecule has 0 amide bonds. The predicted octanol–water partition coefficient (Wildman–Crippen LogP) is 11.8. The Morgan fingerprint density at radius 1 is 0.446 bits per heavy atom. The maximum atomic E-state index is 11.3. The predicted molar refractivity (Wildman–Crippen MR) is 288 cm³/mol. The molecule has 0 unspecified atom stereocenters. The molecule has 0 spiro atoms. The quantitative estimate of drug-likeness (QED) is 0.0195. The molecule has 0 aliphatic heterocycles. The molecule has 0 saturated carbocycles. The minimum absolute atomic E-state index is 0.117. The molecular weight excluding hydrogens is 1020 g/mol. The third-order valence-electron chi connectivity index (χ3n) is 9.75. The van der Waals surface area contributed by atoms with Gasteiger partial charge in [0.2, 0.25) is 0 Å². The summed E-state index contributed by atoms with van der Waals surface area (Å²) >= 11 is 3.31. The van der Waals surface area contributed by atoms with Crippen molar-refractivity contribution in [3.05, 3.63) is 187 Å². The van der Waals surface area contributed by atoms with Gasteiger partial charge < -0.3 is 35.4 Å². The summed E-state index contributed by atoms with van der Waals surface area (Å²) in [6, 6.07) is 25.7. The van der Waals surface area contributed by atoms with Crippen molar-refractivity contribution in [3.63, 3.8) is 0 Å². The monoisotopic (exact) mass is 1090 g/mol. The summed E-state index contributed by atoms with van der Waals surface area (Å²) in [5.41, 5.74) is 10.2. The molecule has 0 fully saturated rings. The molecule has 6 N–H and O–H groups in total. The second-order valence-electron chi connectivity index (χ2n) is 15.1. The molecule has 0 atom stereocenters. The molecular formula is C57H71BrO16. The fourth-order valence-corrected chi connectivity index (χ4v) is 6.65. The zero-order chi connectivity index (χ0) is 56.2. The molecule has 0 heterocycles. The molecule has 0 bridgehead atoms. The highest BCUT2D eigenvalue weighted by molar-refractivity contribution is 9.08.